The Labute approximate surface area is 483 Å². The van der Waals surface area contributed by atoms with Crippen molar-refractivity contribution < 1.29 is 94.4 Å². The summed E-state index contributed by atoms with van der Waals surface area (Å²) in [5.41, 5.74) is 4.43. The molecule has 71 heavy (non-hydrogen) atoms. The van der Waals surface area contributed by atoms with E-state index in [1.165, 1.54) is 208 Å². The van der Waals surface area contributed by atoms with Gasteiger partial charge in [0, 0.05) is 0 Å². The topological polar surface area (TPSA) is 46.2 Å². The second-order valence-corrected chi connectivity index (χ2v) is 33.3. The van der Waals surface area contributed by atoms with Gasteiger partial charge < -0.3 is 0 Å². The molecule has 0 saturated heterocycles. The Morgan fingerprint density at radius 3 is 1.56 bits per heavy atom. The van der Waals surface area contributed by atoms with Crippen molar-refractivity contribution in [2.45, 2.75) is 265 Å². The van der Waals surface area contributed by atoms with Crippen molar-refractivity contribution in [1.29, 1.82) is 0 Å². The van der Waals surface area contributed by atoms with Gasteiger partial charge in [-0.25, -0.2) is 0 Å². The molecule has 1 aliphatic rings. The Bertz CT molecular complexity index is 1490. The molecule has 0 aromatic heterocycles. The first-order valence-electron chi connectivity index (χ1n) is 29.6. The molecule has 0 spiro atoms. The molecule has 0 aromatic rings. The van der Waals surface area contributed by atoms with Crippen LogP contribution in [0.2, 0.25) is 0 Å². The van der Waals surface area contributed by atoms with Crippen LogP contribution >= 0.6 is 0 Å². The van der Waals surface area contributed by atoms with Crippen LogP contribution in [0.4, 0.5) is 0 Å². The number of allylic oxidation sites excluding steroid dienone is 8. The average Bonchev–Trinajstić information content (AvgIpc) is 3.36. The molecule has 0 saturated carbocycles. The van der Waals surface area contributed by atoms with Gasteiger partial charge >= 0.3 is 489 Å². The van der Waals surface area contributed by atoms with Gasteiger partial charge in [-0.1, -0.05) is 0 Å². The summed E-state index contributed by atoms with van der Waals surface area (Å²) >= 11 is -0.707. The number of carbonyl (C=O) groups excluding carboxylic acids is 2. The van der Waals surface area contributed by atoms with Gasteiger partial charge in [0.25, 0.3) is 0 Å². The number of rotatable bonds is 54. The molecule has 1 N–H and O–H groups in total. The molecule has 3 nitrogen and oxygen atoms in total. The zero-order valence-corrected chi connectivity index (χ0v) is 55.4. The van der Waals surface area contributed by atoms with Crippen LogP contribution in [0.15, 0.2) is 80.2 Å². The number of hydrogen-bond acceptors (Lipinski definition) is 3. The molecular weight excluding hydrogens is 1320 g/mol. The number of nitrogens with one attached hydrogen (secondary N) is 1. The first-order chi connectivity index (χ1) is 34.6. The molecule has 1 rings (SSSR count). The molecule has 0 fully saturated rings. The van der Waals surface area contributed by atoms with Gasteiger partial charge in [-0.3, -0.25) is 0 Å². The normalized spacial score (nSPS) is 14.1. The summed E-state index contributed by atoms with van der Waals surface area (Å²) in [4.78, 5) is 27.4. The van der Waals surface area contributed by atoms with Crippen molar-refractivity contribution >= 4 is 7.58 Å². The van der Waals surface area contributed by atoms with E-state index in [1.54, 1.807) is 12.7 Å². The predicted octanol–water partition coefficient (Wildman–Crippen LogP) is 7.25. The van der Waals surface area contributed by atoms with Crippen LogP contribution in [0.5, 0.6) is 0 Å². The minimum atomic E-state index is -0.563. The number of alkyl halides is 4. The fourth-order valence-electron chi connectivity index (χ4n) is 8.94. The van der Waals surface area contributed by atoms with E-state index in [4.69, 9.17) is 0 Å². The van der Waals surface area contributed by atoms with E-state index >= 15 is 0 Å². The molecule has 1 unspecified atom stereocenters. The van der Waals surface area contributed by atoms with Crippen molar-refractivity contribution in [2.24, 2.45) is 11.8 Å². The number of halogens is 4. The molecule has 1 aliphatic carbocycles. The zero-order chi connectivity index (χ0) is 51.8. The van der Waals surface area contributed by atoms with Crippen LogP contribution in [0, 0.1) is 11.8 Å². The number of unbranched alkanes of at least 4 members (excludes halogenated alkanes) is 24. The fourth-order valence-corrected chi connectivity index (χ4v) is 18.4. The average molecular weight is 1430 g/mol. The molecule has 0 radical (unpaired) electrons. The van der Waals surface area contributed by atoms with Crippen LogP contribution < -0.4 is 90.1 Å². The van der Waals surface area contributed by atoms with Crippen LogP contribution in [-0.4, -0.2) is 31.8 Å². The molecule has 0 bridgehead atoms. The van der Waals surface area contributed by atoms with Gasteiger partial charge in [0.1, 0.15) is 0 Å². The Kier molecular flexibility index (Phi) is 49.8. The Balaban J connectivity index is 2.73. The van der Waals surface area contributed by atoms with Crippen molar-refractivity contribution in [3.05, 3.63) is 80.2 Å². The quantitative estimate of drug-likeness (QED) is 0.0230. The first-order valence-corrected chi connectivity index (χ1v) is 40.0. The van der Waals surface area contributed by atoms with Crippen LogP contribution in [0.25, 0.3) is 0 Å². The molecule has 0 amide bonds. The molecule has 0 aliphatic heterocycles. The van der Waals surface area contributed by atoms with Gasteiger partial charge in [-0.2, -0.15) is 0 Å². The molecule has 0 heterocycles. The summed E-state index contributed by atoms with van der Waals surface area (Å²) in [6.07, 6.45) is 56.3. The van der Waals surface area contributed by atoms with E-state index < -0.39 is 42.4 Å². The molecule has 0 aromatic carbocycles. The van der Waals surface area contributed by atoms with Gasteiger partial charge in [0.05, 0.1) is 0 Å². The third-order valence-electron chi connectivity index (χ3n) is 13.5. The van der Waals surface area contributed by atoms with E-state index in [9.17, 15) is 9.59 Å². The zero-order valence-electron chi connectivity index (χ0n) is 46.8. The van der Waals surface area contributed by atoms with E-state index in [2.05, 4.69) is 77.6 Å². The van der Waals surface area contributed by atoms with Gasteiger partial charge in [0.2, 0.25) is 0 Å². The Morgan fingerprint density at radius 2 is 1.04 bits per heavy atom. The van der Waals surface area contributed by atoms with E-state index in [0.717, 1.165) is 64.3 Å². The van der Waals surface area contributed by atoms with Crippen LogP contribution in [0.3, 0.4) is 0 Å². The van der Waals surface area contributed by atoms with Gasteiger partial charge in [-0.05, 0) is 0 Å². The SMILES string of the molecule is C=CCCCCCCCCCC[I-]C(=O)C1=CC(C(=C)NCCC/C=C(/CCCCCCCC(=C)[I-]CCCCCCC)CCCCCCC(=C)[I-]CCCCCCC)=CC(C(=O)[I-]CCCC(C)C)C1. The summed E-state index contributed by atoms with van der Waals surface area (Å²) in [6, 6.07) is 0. The van der Waals surface area contributed by atoms with Crippen molar-refractivity contribution in [1.82, 2.24) is 5.32 Å². The maximum atomic E-state index is 13.7. The summed E-state index contributed by atoms with van der Waals surface area (Å²) < 4.78 is 8.90. The maximum absolute atomic E-state index is 13.7. The number of carbonyl (C=O) groups is 2. The second-order valence-electron chi connectivity index (χ2n) is 20.9. The molecule has 7 heteroatoms. The third kappa shape index (κ3) is 43.0. The van der Waals surface area contributed by atoms with E-state index in [0.29, 0.717) is 19.9 Å². The van der Waals surface area contributed by atoms with Gasteiger partial charge in [-0.15, -0.1) is 0 Å². The minimum absolute atomic E-state index is 0.165. The first kappa shape index (κ1) is 69.3. The van der Waals surface area contributed by atoms with Gasteiger partial charge in [0.15, 0.2) is 0 Å². The fraction of sp³-hybridized carbons (Fsp3) is 0.750. The summed E-state index contributed by atoms with van der Waals surface area (Å²) in [5.74, 6) is 0.513. The molecule has 1 atom stereocenters. The standard InChI is InChI=1S/C64H111I4NO2/c1-9-12-15-18-19-20-21-22-30-38-49-67-63(70)61-52-60(53-62(54-61)64(71)68-50-40-41-55(4)5)58(8)69-51-39-35-46-59(45-34-27-26-32-43-57(7)66-48-37-29-17-14-11-3)44-33-25-23-24-31-42-56(6)65-47-36-28-16-13-10-2/h9,46,52-53,55,62,69H,1,6-8,10-45,47-51,54H2,2-5H3/q-4/b59-46-. The summed E-state index contributed by atoms with van der Waals surface area (Å²) in [6.45, 7) is 27.2. The van der Waals surface area contributed by atoms with E-state index in [1.807, 2.05) is 6.08 Å². The molecular formula is C64H111I4NO2-4. The van der Waals surface area contributed by atoms with E-state index in [-0.39, 0.29) is 48.3 Å². The molecule has 416 valence electrons. The van der Waals surface area contributed by atoms with Crippen LogP contribution in [0.1, 0.15) is 265 Å². The Morgan fingerprint density at radius 1 is 0.577 bits per heavy atom. The Hall–Kier alpha value is 0.240. The second kappa shape index (κ2) is 51.0. The monoisotopic (exact) mass is 1430 g/mol. The van der Waals surface area contributed by atoms with Crippen LogP contribution in [-0.2, 0) is 9.59 Å². The van der Waals surface area contributed by atoms with Crippen molar-refractivity contribution in [3.8, 4) is 0 Å². The number of hydrogen-bond donors (Lipinski definition) is 1. The summed E-state index contributed by atoms with van der Waals surface area (Å²) in [5, 5.41) is 3.65. The third-order valence-corrected chi connectivity index (χ3v) is 24.9. The van der Waals surface area contributed by atoms with Crippen molar-refractivity contribution in [3.63, 3.8) is 0 Å². The summed E-state index contributed by atoms with van der Waals surface area (Å²) in [7, 11) is 0. The predicted molar refractivity (Wildman–Crippen MR) is 300 cm³/mol. The van der Waals surface area contributed by atoms with Crippen molar-refractivity contribution in [2.75, 3.05) is 24.3 Å².